The van der Waals surface area contributed by atoms with E-state index in [0.717, 1.165) is 45.7 Å². The van der Waals surface area contributed by atoms with Gasteiger partial charge in [0.25, 0.3) is 0 Å². The molecule has 0 saturated carbocycles. The summed E-state index contributed by atoms with van der Waals surface area (Å²) < 4.78 is 41.5. The number of para-hydroxylation sites is 2. The zero-order valence-corrected chi connectivity index (χ0v) is 22.6. The second kappa shape index (κ2) is 10.3. The zero-order chi connectivity index (χ0) is 28.9. The van der Waals surface area contributed by atoms with Crippen LogP contribution in [-0.2, 0) is 27.1 Å². The number of rotatable bonds is 5. The number of thioether (sulfide) groups is 1. The number of amides is 3. The minimum absolute atomic E-state index is 0.352. The predicted octanol–water partition coefficient (Wildman–Crippen LogP) is 5.36. The maximum Gasteiger partial charge on any atom is 0.418 e. The molecule has 3 atom stereocenters. The van der Waals surface area contributed by atoms with E-state index in [1.807, 2.05) is 18.2 Å². The fourth-order valence-corrected chi connectivity index (χ4v) is 8.05. The number of nitrogens with one attached hydrogen (secondary N) is 1. The number of hydrogen-bond acceptors (Lipinski definition) is 6. The zero-order valence-electron chi connectivity index (χ0n) is 21.0. The van der Waals surface area contributed by atoms with Gasteiger partial charge >= 0.3 is 11.0 Å². The molecule has 1 N–H and O–H groups in total. The molecule has 0 bridgehead atoms. The van der Waals surface area contributed by atoms with Crippen LogP contribution in [-0.4, -0.2) is 27.5 Å². The first-order valence-electron chi connectivity index (χ1n) is 12.5. The average molecular weight is 596 g/mol. The van der Waals surface area contributed by atoms with Crippen LogP contribution in [0.5, 0.6) is 0 Å². The second-order valence-corrected chi connectivity index (χ2v) is 11.6. The Hall–Kier alpha value is -4.16. The molecule has 0 aliphatic carbocycles. The Kier molecular flexibility index (Phi) is 6.82. The van der Waals surface area contributed by atoms with E-state index in [1.54, 1.807) is 42.5 Å². The van der Waals surface area contributed by atoms with Crippen molar-refractivity contribution in [2.24, 2.45) is 5.92 Å². The first-order chi connectivity index (χ1) is 19.6. The Morgan fingerprint density at radius 2 is 1.49 bits per heavy atom. The largest absolute Gasteiger partial charge is 0.418 e. The van der Waals surface area contributed by atoms with Gasteiger partial charge in [0.05, 0.1) is 27.9 Å². The van der Waals surface area contributed by atoms with E-state index in [9.17, 15) is 32.3 Å². The first-order valence-corrected chi connectivity index (χ1v) is 14.2. The predicted molar refractivity (Wildman–Crippen MR) is 149 cm³/mol. The number of aromatic nitrogens is 1. The number of thiazole rings is 1. The van der Waals surface area contributed by atoms with Gasteiger partial charge in [0.15, 0.2) is 0 Å². The smallest absolute Gasteiger partial charge is 0.324 e. The molecule has 12 heteroatoms. The molecule has 41 heavy (non-hydrogen) atoms. The van der Waals surface area contributed by atoms with Gasteiger partial charge < -0.3 is 5.32 Å². The molecule has 2 aliphatic heterocycles. The molecule has 7 nitrogen and oxygen atoms in total. The third kappa shape index (κ3) is 4.76. The summed E-state index contributed by atoms with van der Waals surface area (Å²) in [5, 5.41) is 1.76. The van der Waals surface area contributed by atoms with Crippen LogP contribution in [0.15, 0.2) is 94.7 Å². The van der Waals surface area contributed by atoms with Crippen LogP contribution in [0.2, 0.25) is 0 Å². The van der Waals surface area contributed by atoms with Gasteiger partial charge in [0.2, 0.25) is 17.7 Å². The Balaban J connectivity index is 1.39. The van der Waals surface area contributed by atoms with Gasteiger partial charge in [-0.15, -0.1) is 0 Å². The summed E-state index contributed by atoms with van der Waals surface area (Å²) in [6.07, 6.45) is -4.68. The number of nitrogens with zero attached hydrogens (tertiary/aromatic N) is 2. The SMILES string of the molecule is O=C(Cn1c2c(sc1=O)C(c1ccccc1)C1C(=O)N(c3ccccc3)C(=O)C1S2)Nc1ccccc1C(F)(F)F. The highest BCUT2D eigenvalue weighted by molar-refractivity contribution is 8.00. The number of hydrogen-bond donors (Lipinski definition) is 1. The summed E-state index contributed by atoms with van der Waals surface area (Å²) >= 11 is 1.91. The van der Waals surface area contributed by atoms with E-state index in [1.165, 1.54) is 16.7 Å². The quantitative estimate of drug-likeness (QED) is 0.314. The van der Waals surface area contributed by atoms with Crippen LogP contribution in [0.25, 0.3) is 0 Å². The number of benzene rings is 3. The molecule has 6 rings (SSSR count). The van der Waals surface area contributed by atoms with Crippen molar-refractivity contribution in [3.05, 3.63) is 111 Å². The van der Waals surface area contributed by atoms with Crippen LogP contribution >= 0.6 is 23.1 Å². The van der Waals surface area contributed by atoms with E-state index in [4.69, 9.17) is 0 Å². The van der Waals surface area contributed by atoms with Crippen LogP contribution in [0.3, 0.4) is 0 Å². The highest BCUT2D eigenvalue weighted by atomic mass is 32.2. The van der Waals surface area contributed by atoms with Crippen molar-refractivity contribution in [2.75, 3.05) is 10.2 Å². The summed E-state index contributed by atoms with van der Waals surface area (Å²) in [6.45, 7) is -0.562. The molecule has 0 radical (unpaired) electrons. The highest BCUT2D eigenvalue weighted by Crippen LogP contribution is 2.53. The van der Waals surface area contributed by atoms with Gasteiger partial charge in [-0.25, -0.2) is 4.90 Å². The number of carbonyl (C=O) groups is 3. The summed E-state index contributed by atoms with van der Waals surface area (Å²) in [6, 6.07) is 22.2. The van der Waals surface area contributed by atoms with Crippen molar-refractivity contribution in [1.29, 1.82) is 0 Å². The molecule has 2 aliphatic rings. The third-order valence-corrected chi connectivity index (χ3v) is 9.63. The van der Waals surface area contributed by atoms with Crippen molar-refractivity contribution in [3.8, 4) is 0 Å². The summed E-state index contributed by atoms with van der Waals surface area (Å²) in [5.74, 6) is -3.07. The Morgan fingerprint density at radius 3 is 2.17 bits per heavy atom. The molecule has 1 fully saturated rings. The minimum atomic E-state index is -4.68. The molecule has 1 saturated heterocycles. The molecule has 208 valence electrons. The van der Waals surface area contributed by atoms with Crippen LogP contribution in [0, 0.1) is 5.92 Å². The molecular weight excluding hydrogens is 575 g/mol. The fourth-order valence-electron chi connectivity index (χ4n) is 5.28. The monoisotopic (exact) mass is 595 g/mol. The van der Waals surface area contributed by atoms with E-state index < -0.39 is 57.7 Å². The topological polar surface area (TPSA) is 88.5 Å². The van der Waals surface area contributed by atoms with Gasteiger partial charge in [-0.05, 0) is 29.8 Å². The van der Waals surface area contributed by atoms with Crippen molar-refractivity contribution >= 4 is 52.2 Å². The van der Waals surface area contributed by atoms with Crippen molar-refractivity contribution in [2.45, 2.75) is 28.9 Å². The summed E-state index contributed by atoms with van der Waals surface area (Å²) in [5.41, 5.74) is -0.262. The normalized spacial score (nSPS) is 20.1. The van der Waals surface area contributed by atoms with Crippen molar-refractivity contribution in [1.82, 2.24) is 4.57 Å². The third-order valence-electron chi connectivity index (χ3n) is 7.03. The van der Waals surface area contributed by atoms with Crippen molar-refractivity contribution in [3.63, 3.8) is 0 Å². The van der Waals surface area contributed by atoms with E-state index in [2.05, 4.69) is 5.32 Å². The van der Waals surface area contributed by atoms with E-state index in [0.29, 0.717) is 15.6 Å². The van der Waals surface area contributed by atoms with Crippen LogP contribution in [0.4, 0.5) is 24.5 Å². The maximum atomic E-state index is 13.8. The Labute approximate surface area is 239 Å². The van der Waals surface area contributed by atoms with Gasteiger partial charge in [-0.2, -0.15) is 13.2 Å². The number of halogens is 3. The lowest BCUT2D eigenvalue weighted by atomic mass is 9.83. The molecule has 0 spiro atoms. The van der Waals surface area contributed by atoms with Gasteiger partial charge in [0, 0.05) is 10.8 Å². The van der Waals surface area contributed by atoms with Crippen molar-refractivity contribution < 1.29 is 27.6 Å². The molecule has 1 aromatic heterocycles. The Morgan fingerprint density at radius 1 is 0.854 bits per heavy atom. The van der Waals surface area contributed by atoms with E-state index >= 15 is 0 Å². The molecule has 3 heterocycles. The van der Waals surface area contributed by atoms with Gasteiger partial charge in [-0.3, -0.25) is 23.7 Å². The molecule has 4 aromatic rings. The average Bonchev–Trinajstić information content (AvgIpc) is 3.39. The fraction of sp³-hybridized carbons (Fsp3) is 0.172. The van der Waals surface area contributed by atoms with E-state index in [-0.39, 0.29) is 5.91 Å². The molecule has 3 amide bonds. The number of fused-ring (bicyclic) bond motifs is 2. The lowest BCUT2D eigenvalue weighted by Gasteiger charge is -2.30. The minimum Gasteiger partial charge on any atom is -0.324 e. The number of anilines is 2. The number of alkyl halides is 3. The number of imide groups is 1. The van der Waals surface area contributed by atoms with Gasteiger partial charge in [-0.1, -0.05) is 83.8 Å². The van der Waals surface area contributed by atoms with Gasteiger partial charge in [0.1, 0.15) is 11.8 Å². The second-order valence-electron chi connectivity index (χ2n) is 9.52. The summed E-state index contributed by atoms with van der Waals surface area (Å²) in [4.78, 5) is 54.8. The standard InChI is InChI=1S/C29H20F3N3O4S2/c30-29(31,32)18-13-7-8-14-19(18)33-20(36)15-34-27-24(41-28(34)39)21(16-9-3-1-4-10-16)22-23(40-27)26(38)35(25(22)37)17-11-5-2-6-12-17/h1-14,21-23H,15H2,(H,33,36). The highest BCUT2D eigenvalue weighted by Gasteiger charge is 2.56. The lowest BCUT2D eigenvalue weighted by molar-refractivity contribution is -0.137. The Bertz CT molecular complexity index is 1720. The maximum absolute atomic E-state index is 13.8. The lowest BCUT2D eigenvalue weighted by Crippen LogP contribution is -2.33. The molecule has 3 aromatic carbocycles. The van der Waals surface area contributed by atoms with Crippen LogP contribution < -0.4 is 15.1 Å². The van der Waals surface area contributed by atoms with Crippen LogP contribution in [0.1, 0.15) is 21.9 Å². The summed E-state index contributed by atoms with van der Waals surface area (Å²) in [7, 11) is 0. The number of carbonyl (C=O) groups excluding carboxylic acids is 3. The molecular formula is C29H20F3N3O4S2. The first kappa shape index (κ1) is 27.0. The molecule has 3 unspecified atom stereocenters.